The lowest BCUT2D eigenvalue weighted by atomic mass is 9.86. The number of hydrogen-bond acceptors (Lipinski definition) is 3. The van der Waals surface area contributed by atoms with Gasteiger partial charge >= 0.3 is 5.97 Å². The molecule has 0 bridgehead atoms. The second-order valence-electron chi connectivity index (χ2n) is 7.07. The third kappa shape index (κ3) is 5.39. The number of rotatable bonds is 6. The Labute approximate surface area is 138 Å². The zero-order chi connectivity index (χ0) is 16.9. The molecule has 126 valence electrons. The molecule has 0 aromatic heterocycles. The van der Waals surface area contributed by atoms with Crippen LogP contribution in [-0.2, 0) is 10.2 Å². The summed E-state index contributed by atoms with van der Waals surface area (Å²) in [5.74, 6) is -0.205. The Morgan fingerprint density at radius 2 is 2.00 bits per heavy atom. The fourth-order valence-corrected chi connectivity index (χ4v) is 2.73. The molecular weight excluding hydrogens is 290 g/mol. The van der Waals surface area contributed by atoms with Crippen LogP contribution >= 0.6 is 0 Å². The van der Waals surface area contributed by atoms with Crippen LogP contribution in [0.25, 0.3) is 6.08 Å². The first-order chi connectivity index (χ1) is 10.9. The van der Waals surface area contributed by atoms with E-state index in [0.717, 1.165) is 42.6 Å². The van der Waals surface area contributed by atoms with Crippen molar-refractivity contribution in [3.8, 4) is 5.75 Å². The number of hydrogen-bond donors (Lipinski definition) is 1. The summed E-state index contributed by atoms with van der Waals surface area (Å²) in [7, 11) is 0. The molecule has 4 heteroatoms. The molecule has 1 fully saturated rings. The van der Waals surface area contributed by atoms with E-state index in [0.29, 0.717) is 6.61 Å². The van der Waals surface area contributed by atoms with Gasteiger partial charge in [-0.1, -0.05) is 26.8 Å². The quantitative estimate of drug-likeness (QED) is 0.815. The molecule has 1 aromatic carbocycles. The smallest absolute Gasteiger partial charge is 0.328 e. The lowest BCUT2D eigenvalue weighted by molar-refractivity contribution is -0.131. The van der Waals surface area contributed by atoms with E-state index in [-0.39, 0.29) is 5.41 Å². The van der Waals surface area contributed by atoms with Gasteiger partial charge in [-0.2, -0.15) is 0 Å². The molecule has 23 heavy (non-hydrogen) atoms. The van der Waals surface area contributed by atoms with Crippen molar-refractivity contribution in [1.82, 2.24) is 4.90 Å². The van der Waals surface area contributed by atoms with Crippen molar-refractivity contribution in [2.45, 2.75) is 39.0 Å². The lowest BCUT2D eigenvalue weighted by Gasteiger charge is -2.21. The van der Waals surface area contributed by atoms with Crippen molar-refractivity contribution in [3.05, 3.63) is 35.4 Å². The first kappa shape index (κ1) is 17.5. The first-order valence-electron chi connectivity index (χ1n) is 8.27. The van der Waals surface area contributed by atoms with Crippen LogP contribution in [0.15, 0.2) is 24.3 Å². The standard InChI is InChI=1S/C19H27NO3/c1-19(2,3)16-7-8-17(15(14-16)6-9-18(21)22)23-13-12-20-10-4-5-11-20/h6-9,14H,4-5,10-13H2,1-3H3,(H,21,22)/b9-6+. The summed E-state index contributed by atoms with van der Waals surface area (Å²) >= 11 is 0. The Morgan fingerprint density at radius 1 is 1.30 bits per heavy atom. The van der Waals surface area contributed by atoms with Crippen molar-refractivity contribution in [1.29, 1.82) is 0 Å². The van der Waals surface area contributed by atoms with E-state index >= 15 is 0 Å². The Morgan fingerprint density at radius 3 is 2.61 bits per heavy atom. The van der Waals surface area contributed by atoms with Crippen LogP contribution in [0.3, 0.4) is 0 Å². The molecule has 1 saturated heterocycles. The van der Waals surface area contributed by atoms with Crippen LogP contribution in [-0.4, -0.2) is 42.2 Å². The maximum atomic E-state index is 10.8. The van der Waals surface area contributed by atoms with Gasteiger partial charge in [0, 0.05) is 18.2 Å². The van der Waals surface area contributed by atoms with Crippen molar-refractivity contribution in [2.24, 2.45) is 0 Å². The Bertz CT molecular complexity index is 566. The Kier molecular flexibility index (Phi) is 5.83. The molecule has 0 unspecified atom stereocenters. The van der Waals surface area contributed by atoms with E-state index < -0.39 is 5.97 Å². The maximum Gasteiger partial charge on any atom is 0.328 e. The molecule has 0 saturated carbocycles. The average molecular weight is 317 g/mol. The summed E-state index contributed by atoms with van der Waals surface area (Å²) in [6.45, 7) is 10.3. The molecule has 4 nitrogen and oxygen atoms in total. The molecule has 0 aliphatic carbocycles. The van der Waals surface area contributed by atoms with Gasteiger partial charge in [-0.3, -0.25) is 4.90 Å². The predicted molar refractivity (Wildman–Crippen MR) is 93.0 cm³/mol. The van der Waals surface area contributed by atoms with Crippen LogP contribution in [0.1, 0.15) is 44.7 Å². The highest BCUT2D eigenvalue weighted by atomic mass is 16.5. The van der Waals surface area contributed by atoms with Crippen molar-refractivity contribution < 1.29 is 14.6 Å². The third-order valence-electron chi connectivity index (χ3n) is 4.15. The molecule has 0 radical (unpaired) electrons. The van der Waals surface area contributed by atoms with Crippen LogP contribution in [0.2, 0.25) is 0 Å². The second-order valence-corrected chi connectivity index (χ2v) is 7.07. The minimum absolute atomic E-state index is 0.0138. The largest absolute Gasteiger partial charge is 0.492 e. The van der Waals surface area contributed by atoms with Crippen molar-refractivity contribution in [3.63, 3.8) is 0 Å². The zero-order valence-electron chi connectivity index (χ0n) is 14.3. The van der Waals surface area contributed by atoms with E-state index in [2.05, 4.69) is 31.7 Å². The molecule has 1 N–H and O–H groups in total. The molecule has 0 spiro atoms. The van der Waals surface area contributed by atoms with Crippen LogP contribution in [0.4, 0.5) is 0 Å². The monoisotopic (exact) mass is 317 g/mol. The number of aliphatic carboxylic acids is 1. The van der Waals surface area contributed by atoms with Crippen molar-refractivity contribution >= 4 is 12.0 Å². The number of nitrogens with zero attached hydrogens (tertiary/aromatic N) is 1. The Hall–Kier alpha value is -1.81. The van der Waals surface area contributed by atoms with E-state index in [1.807, 2.05) is 12.1 Å². The summed E-state index contributed by atoms with van der Waals surface area (Å²) in [6.07, 6.45) is 5.32. The van der Waals surface area contributed by atoms with Gasteiger partial charge in [0.05, 0.1) is 0 Å². The molecule has 1 aliphatic heterocycles. The molecule has 1 aliphatic rings. The molecule has 0 atom stereocenters. The normalized spacial score (nSPS) is 16.1. The minimum atomic E-state index is -0.950. The Balaban J connectivity index is 2.10. The molecule has 2 rings (SSSR count). The topological polar surface area (TPSA) is 49.8 Å². The summed E-state index contributed by atoms with van der Waals surface area (Å²) in [5.41, 5.74) is 2.00. The van der Waals surface area contributed by atoms with Gasteiger partial charge in [0.25, 0.3) is 0 Å². The number of carboxylic acid groups (broad SMARTS) is 1. The van der Waals surface area contributed by atoms with Crippen LogP contribution < -0.4 is 4.74 Å². The summed E-state index contributed by atoms with van der Waals surface area (Å²) in [6, 6.07) is 6.03. The van der Waals surface area contributed by atoms with E-state index in [9.17, 15) is 4.79 Å². The fourth-order valence-electron chi connectivity index (χ4n) is 2.73. The van der Waals surface area contributed by atoms with Gasteiger partial charge in [0.1, 0.15) is 12.4 Å². The van der Waals surface area contributed by atoms with Gasteiger partial charge in [-0.25, -0.2) is 4.79 Å². The second kappa shape index (κ2) is 7.64. The number of likely N-dealkylation sites (tertiary alicyclic amines) is 1. The van der Waals surface area contributed by atoms with Gasteiger partial charge < -0.3 is 9.84 Å². The maximum absolute atomic E-state index is 10.8. The molecule has 0 amide bonds. The van der Waals surface area contributed by atoms with E-state index in [1.54, 1.807) is 6.08 Å². The lowest BCUT2D eigenvalue weighted by Crippen LogP contribution is -2.25. The third-order valence-corrected chi connectivity index (χ3v) is 4.15. The summed E-state index contributed by atoms with van der Waals surface area (Å²) < 4.78 is 5.91. The molecule has 1 heterocycles. The van der Waals surface area contributed by atoms with Crippen LogP contribution in [0, 0.1) is 0 Å². The predicted octanol–water partition coefficient (Wildman–Crippen LogP) is 3.56. The first-order valence-corrected chi connectivity index (χ1v) is 8.27. The van der Waals surface area contributed by atoms with E-state index in [1.165, 1.54) is 12.8 Å². The average Bonchev–Trinajstić information content (AvgIpc) is 2.98. The number of benzene rings is 1. The fraction of sp³-hybridized carbons (Fsp3) is 0.526. The minimum Gasteiger partial charge on any atom is -0.492 e. The van der Waals surface area contributed by atoms with Gasteiger partial charge in [-0.15, -0.1) is 0 Å². The highest BCUT2D eigenvalue weighted by Crippen LogP contribution is 2.29. The zero-order valence-corrected chi connectivity index (χ0v) is 14.3. The summed E-state index contributed by atoms with van der Waals surface area (Å²) in [5, 5.41) is 8.88. The van der Waals surface area contributed by atoms with Gasteiger partial charge in [0.2, 0.25) is 0 Å². The number of carbonyl (C=O) groups is 1. The van der Waals surface area contributed by atoms with Crippen molar-refractivity contribution in [2.75, 3.05) is 26.2 Å². The number of ether oxygens (including phenoxy) is 1. The van der Waals surface area contributed by atoms with Gasteiger partial charge in [0.15, 0.2) is 0 Å². The highest BCUT2D eigenvalue weighted by Gasteiger charge is 2.16. The summed E-state index contributed by atoms with van der Waals surface area (Å²) in [4.78, 5) is 13.2. The molecule has 1 aromatic rings. The SMILES string of the molecule is CC(C)(C)c1ccc(OCCN2CCCC2)c(/C=C/C(=O)O)c1. The molecular formula is C19H27NO3. The van der Waals surface area contributed by atoms with Crippen LogP contribution in [0.5, 0.6) is 5.75 Å². The number of carboxylic acids is 1. The highest BCUT2D eigenvalue weighted by molar-refractivity contribution is 5.86. The van der Waals surface area contributed by atoms with Gasteiger partial charge in [-0.05, 0) is 55.1 Å². The van der Waals surface area contributed by atoms with E-state index in [4.69, 9.17) is 9.84 Å².